The van der Waals surface area contributed by atoms with E-state index in [1.165, 1.54) is 12.8 Å². The highest BCUT2D eigenvalue weighted by atomic mass is 15.1. The minimum absolute atomic E-state index is 0.209. The summed E-state index contributed by atoms with van der Waals surface area (Å²) in [6.45, 7) is 12.1. The second-order valence-electron chi connectivity index (χ2n) is 5.55. The molecule has 86 valence electrons. The molecule has 2 heteroatoms. The molecule has 0 heterocycles. The van der Waals surface area contributed by atoms with Crippen molar-refractivity contribution in [3.05, 3.63) is 0 Å². The van der Waals surface area contributed by atoms with Gasteiger partial charge in [0.25, 0.3) is 0 Å². The van der Waals surface area contributed by atoms with Crippen molar-refractivity contribution in [2.75, 3.05) is 13.6 Å². The van der Waals surface area contributed by atoms with Crippen LogP contribution in [-0.4, -0.2) is 30.6 Å². The number of nitrogens with two attached hydrogens (primary N) is 1. The Balaban J connectivity index is 3.99. The molecule has 0 radical (unpaired) electrons. The van der Waals surface area contributed by atoms with E-state index < -0.39 is 0 Å². The Labute approximate surface area is 89.9 Å². The van der Waals surface area contributed by atoms with Crippen molar-refractivity contribution in [3.63, 3.8) is 0 Å². The molecule has 0 saturated carbocycles. The van der Waals surface area contributed by atoms with Crippen molar-refractivity contribution in [1.82, 2.24) is 4.90 Å². The molecular formula is C12H28N2. The van der Waals surface area contributed by atoms with Crippen LogP contribution in [0.25, 0.3) is 0 Å². The molecule has 2 N–H and O–H groups in total. The van der Waals surface area contributed by atoms with Gasteiger partial charge >= 0.3 is 0 Å². The van der Waals surface area contributed by atoms with Crippen LogP contribution >= 0.6 is 0 Å². The molecule has 2 unspecified atom stereocenters. The lowest BCUT2D eigenvalue weighted by Crippen LogP contribution is -2.46. The predicted octanol–water partition coefficient (Wildman–Crippen LogP) is 2.48. The van der Waals surface area contributed by atoms with E-state index in [2.05, 4.69) is 46.6 Å². The smallest absolute Gasteiger partial charge is 0.0217 e. The van der Waals surface area contributed by atoms with E-state index in [9.17, 15) is 0 Å². The standard InChI is InChI=1S/C12H28N2/c1-7-8-10(2)14(6)9-11(13)12(3,4)5/h10-11H,7-9,13H2,1-6H3. The summed E-state index contributed by atoms with van der Waals surface area (Å²) in [7, 11) is 2.17. The van der Waals surface area contributed by atoms with E-state index in [0.29, 0.717) is 6.04 Å². The summed E-state index contributed by atoms with van der Waals surface area (Å²) >= 11 is 0. The Morgan fingerprint density at radius 3 is 2.14 bits per heavy atom. The van der Waals surface area contributed by atoms with Gasteiger partial charge < -0.3 is 10.6 Å². The maximum absolute atomic E-state index is 6.14. The zero-order chi connectivity index (χ0) is 11.4. The Bertz CT molecular complexity index is 149. The van der Waals surface area contributed by atoms with E-state index in [1.807, 2.05) is 0 Å². The third-order valence-electron chi connectivity index (χ3n) is 3.06. The molecule has 0 spiro atoms. The molecule has 2 nitrogen and oxygen atoms in total. The molecule has 0 rings (SSSR count). The first kappa shape index (κ1) is 13.9. The summed E-state index contributed by atoms with van der Waals surface area (Å²) in [5, 5.41) is 0. The van der Waals surface area contributed by atoms with Gasteiger partial charge in [-0.25, -0.2) is 0 Å². The Hall–Kier alpha value is -0.0800. The number of hydrogen-bond donors (Lipinski definition) is 1. The van der Waals surface area contributed by atoms with Gasteiger partial charge in [-0.05, 0) is 25.8 Å². The van der Waals surface area contributed by atoms with Gasteiger partial charge in [0.1, 0.15) is 0 Å². The van der Waals surface area contributed by atoms with Crippen LogP contribution in [0.15, 0.2) is 0 Å². The highest BCUT2D eigenvalue weighted by Crippen LogP contribution is 2.18. The lowest BCUT2D eigenvalue weighted by molar-refractivity contribution is 0.183. The van der Waals surface area contributed by atoms with E-state index in [1.54, 1.807) is 0 Å². The third kappa shape index (κ3) is 4.97. The molecule has 0 saturated heterocycles. The number of likely N-dealkylation sites (N-methyl/N-ethyl adjacent to an activating group) is 1. The molecule has 0 aromatic carbocycles. The summed E-state index contributed by atoms with van der Waals surface area (Å²) in [5.74, 6) is 0. The Morgan fingerprint density at radius 2 is 1.79 bits per heavy atom. The van der Waals surface area contributed by atoms with Crippen molar-refractivity contribution < 1.29 is 0 Å². The molecule has 14 heavy (non-hydrogen) atoms. The van der Waals surface area contributed by atoms with Crippen LogP contribution in [0.1, 0.15) is 47.5 Å². The minimum Gasteiger partial charge on any atom is -0.326 e. The second kappa shape index (κ2) is 5.72. The molecule has 0 bridgehead atoms. The minimum atomic E-state index is 0.209. The summed E-state index contributed by atoms with van der Waals surface area (Å²) in [6.07, 6.45) is 2.50. The zero-order valence-electron chi connectivity index (χ0n) is 10.8. The topological polar surface area (TPSA) is 29.3 Å². The Kier molecular flexibility index (Phi) is 5.68. The largest absolute Gasteiger partial charge is 0.326 e. The third-order valence-corrected chi connectivity index (χ3v) is 3.06. The van der Waals surface area contributed by atoms with E-state index in [4.69, 9.17) is 5.73 Å². The fourth-order valence-corrected chi connectivity index (χ4v) is 1.40. The first-order valence-electron chi connectivity index (χ1n) is 5.74. The van der Waals surface area contributed by atoms with Crippen LogP contribution in [0.2, 0.25) is 0 Å². The molecule has 0 aromatic heterocycles. The first-order valence-corrected chi connectivity index (χ1v) is 5.74. The molecule has 0 aliphatic heterocycles. The van der Waals surface area contributed by atoms with Crippen molar-refractivity contribution in [3.8, 4) is 0 Å². The monoisotopic (exact) mass is 200 g/mol. The van der Waals surface area contributed by atoms with Crippen LogP contribution in [0, 0.1) is 5.41 Å². The molecule has 0 aliphatic carbocycles. The van der Waals surface area contributed by atoms with Gasteiger partial charge in [-0.2, -0.15) is 0 Å². The summed E-state index contributed by atoms with van der Waals surface area (Å²) in [4.78, 5) is 2.37. The summed E-state index contributed by atoms with van der Waals surface area (Å²) < 4.78 is 0. The van der Waals surface area contributed by atoms with Crippen LogP contribution < -0.4 is 5.73 Å². The normalized spacial score (nSPS) is 17.1. The molecule has 0 aliphatic rings. The molecular weight excluding hydrogens is 172 g/mol. The highest BCUT2D eigenvalue weighted by Gasteiger charge is 2.23. The van der Waals surface area contributed by atoms with Gasteiger partial charge in [-0.15, -0.1) is 0 Å². The maximum atomic E-state index is 6.14. The van der Waals surface area contributed by atoms with E-state index in [-0.39, 0.29) is 11.5 Å². The second-order valence-corrected chi connectivity index (χ2v) is 5.55. The Morgan fingerprint density at radius 1 is 1.29 bits per heavy atom. The first-order chi connectivity index (χ1) is 6.29. The molecule has 0 aromatic rings. The van der Waals surface area contributed by atoms with Crippen molar-refractivity contribution in [2.24, 2.45) is 11.1 Å². The fourth-order valence-electron chi connectivity index (χ4n) is 1.40. The maximum Gasteiger partial charge on any atom is 0.0217 e. The van der Waals surface area contributed by atoms with E-state index >= 15 is 0 Å². The molecule has 2 atom stereocenters. The predicted molar refractivity (Wildman–Crippen MR) is 64.4 cm³/mol. The average molecular weight is 200 g/mol. The van der Waals surface area contributed by atoms with Crippen LogP contribution in [0.5, 0.6) is 0 Å². The quantitative estimate of drug-likeness (QED) is 0.739. The zero-order valence-corrected chi connectivity index (χ0v) is 10.8. The van der Waals surface area contributed by atoms with E-state index in [0.717, 1.165) is 6.54 Å². The van der Waals surface area contributed by atoms with Crippen molar-refractivity contribution in [2.45, 2.75) is 59.5 Å². The van der Waals surface area contributed by atoms with Crippen LogP contribution in [0.4, 0.5) is 0 Å². The van der Waals surface area contributed by atoms with Crippen LogP contribution in [0.3, 0.4) is 0 Å². The van der Waals surface area contributed by atoms with Gasteiger partial charge in [0, 0.05) is 18.6 Å². The SMILES string of the molecule is CCCC(C)N(C)CC(N)C(C)(C)C. The van der Waals surface area contributed by atoms with Gasteiger partial charge in [0.2, 0.25) is 0 Å². The van der Waals surface area contributed by atoms with Gasteiger partial charge in [0.05, 0.1) is 0 Å². The van der Waals surface area contributed by atoms with Crippen LogP contribution in [-0.2, 0) is 0 Å². The lowest BCUT2D eigenvalue weighted by Gasteiger charge is -2.33. The van der Waals surface area contributed by atoms with Gasteiger partial charge in [-0.1, -0.05) is 34.1 Å². The average Bonchev–Trinajstić information content (AvgIpc) is 2.02. The fraction of sp³-hybridized carbons (Fsp3) is 1.00. The number of nitrogens with zero attached hydrogens (tertiary/aromatic N) is 1. The molecule has 0 fully saturated rings. The van der Waals surface area contributed by atoms with Crippen molar-refractivity contribution >= 4 is 0 Å². The highest BCUT2D eigenvalue weighted by molar-refractivity contribution is 4.80. The summed E-state index contributed by atoms with van der Waals surface area (Å²) in [5.41, 5.74) is 6.35. The van der Waals surface area contributed by atoms with Crippen molar-refractivity contribution in [1.29, 1.82) is 0 Å². The number of rotatable bonds is 5. The van der Waals surface area contributed by atoms with Gasteiger partial charge in [-0.3, -0.25) is 0 Å². The van der Waals surface area contributed by atoms with Gasteiger partial charge in [0.15, 0.2) is 0 Å². The lowest BCUT2D eigenvalue weighted by atomic mass is 9.87. The molecule has 0 amide bonds. The summed E-state index contributed by atoms with van der Waals surface area (Å²) in [6, 6.07) is 0.903. The number of hydrogen-bond acceptors (Lipinski definition) is 2.